The summed E-state index contributed by atoms with van der Waals surface area (Å²) in [4.78, 5) is 0. The van der Waals surface area contributed by atoms with Crippen molar-refractivity contribution in [2.45, 2.75) is 0 Å². The van der Waals surface area contributed by atoms with E-state index in [1.165, 1.54) is 6.26 Å². The molecule has 1 heterocycles. The van der Waals surface area contributed by atoms with E-state index in [2.05, 4.69) is 6.58 Å². The van der Waals surface area contributed by atoms with E-state index in [0.29, 0.717) is 11.4 Å². The average Bonchev–Trinajstić information content (AvgIpc) is 2.14. The maximum absolute atomic E-state index is 5.39. The molecule has 0 aliphatic carbocycles. The van der Waals surface area contributed by atoms with Gasteiger partial charge >= 0.3 is 0 Å². The highest BCUT2D eigenvalue weighted by Gasteiger charge is 1.92. The molecule has 0 saturated carbocycles. The minimum Gasteiger partial charge on any atom is -0.463 e. The van der Waals surface area contributed by atoms with Gasteiger partial charge in [0.05, 0.1) is 12.0 Å². The third-order valence-electron chi connectivity index (χ3n) is 0.913. The van der Waals surface area contributed by atoms with Crippen LogP contribution < -0.4 is 5.73 Å². The highest BCUT2D eigenvalue weighted by molar-refractivity contribution is 5.57. The molecule has 8 heavy (non-hydrogen) atoms. The Kier molecular flexibility index (Phi) is 1.08. The zero-order valence-electron chi connectivity index (χ0n) is 4.42. The predicted octanol–water partition coefficient (Wildman–Crippen LogP) is 1.50. The van der Waals surface area contributed by atoms with Crippen LogP contribution in [0.4, 0.5) is 5.69 Å². The van der Waals surface area contributed by atoms with Crippen molar-refractivity contribution in [3.63, 3.8) is 0 Å². The first-order valence-corrected chi connectivity index (χ1v) is 2.30. The van der Waals surface area contributed by atoms with Crippen molar-refractivity contribution in [2.24, 2.45) is 0 Å². The molecule has 2 nitrogen and oxygen atoms in total. The summed E-state index contributed by atoms with van der Waals surface area (Å²) < 4.78 is 4.87. The fourth-order valence-corrected chi connectivity index (χ4v) is 0.497. The molecule has 0 atom stereocenters. The van der Waals surface area contributed by atoms with Gasteiger partial charge in [0.2, 0.25) is 0 Å². The molecule has 1 aromatic rings. The number of hydrogen-bond donors (Lipinski definition) is 1. The normalized spacial score (nSPS) is 9.00. The quantitative estimate of drug-likeness (QED) is 0.593. The Morgan fingerprint density at radius 3 is 2.75 bits per heavy atom. The average molecular weight is 109 g/mol. The van der Waals surface area contributed by atoms with Crippen LogP contribution in [0.15, 0.2) is 23.3 Å². The lowest BCUT2D eigenvalue weighted by molar-refractivity contribution is 0.558. The standard InChI is InChI=1S/C6H7NO/c1-2-6-5(7)3-4-8-6/h2-4H,1,7H2. The third-order valence-corrected chi connectivity index (χ3v) is 0.913. The van der Waals surface area contributed by atoms with Crippen LogP contribution in [0, 0.1) is 0 Å². The molecular weight excluding hydrogens is 102 g/mol. The lowest BCUT2D eigenvalue weighted by Crippen LogP contribution is -1.80. The summed E-state index contributed by atoms with van der Waals surface area (Å²) >= 11 is 0. The van der Waals surface area contributed by atoms with E-state index >= 15 is 0 Å². The van der Waals surface area contributed by atoms with Crippen molar-refractivity contribution in [1.29, 1.82) is 0 Å². The molecule has 2 N–H and O–H groups in total. The highest BCUT2D eigenvalue weighted by Crippen LogP contribution is 2.12. The summed E-state index contributed by atoms with van der Waals surface area (Å²) in [6.07, 6.45) is 3.11. The molecule has 0 saturated heterocycles. The van der Waals surface area contributed by atoms with Gasteiger partial charge in [-0.3, -0.25) is 0 Å². The van der Waals surface area contributed by atoms with E-state index in [4.69, 9.17) is 10.2 Å². The number of furan rings is 1. The van der Waals surface area contributed by atoms with Crippen LogP contribution in [0.5, 0.6) is 0 Å². The van der Waals surface area contributed by atoms with Gasteiger partial charge in [0.1, 0.15) is 5.76 Å². The summed E-state index contributed by atoms with van der Waals surface area (Å²) in [6, 6.07) is 1.69. The lowest BCUT2D eigenvalue weighted by Gasteiger charge is -1.82. The predicted molar refractivity (Wildman–Crippen MR) is 33.2 cm³/mol. The zero-order chi connectivity index (χ0) is 5.98. The molecule has 1 rings (SSSR count). The molecule has 0 bridgehead atoms. The Labute approximate surface area is 47.6 Å². The van der Waals surface area contributed by atoms with Crippen LogP contribution in [-0.4, -0.2) is 0 Å². The Morgan fingerprint density at radius 1 is 1.75 bits per heavy atom. The Hall–Kier alpha value is -1.18. The van der Waals surface area contributed by atoms with Crippen molar-refractivity contribution in [3.05, 3.63) is 24.7 Å². The van der Waals surface area contributed by atoms with E-state index in [1.54, 1.807) is 12.1 Å². The van der Waals surface area contributed by atoms with Crippen molar-refractivity contribution >= 4 is 11.8 Å². The first-order valence-electron chi connectivity index (χ1n) is 2.30. The van der Waals surface area contributed by atoms with Crippen LogP contribution >= 0.6 is 0 Å². The van der Waals surface area contributed by atoms with Crippen LogP contribution in [0.3, 0.4) is 0 Å². The number of nitrogens with two attached hydrogens (primary N) is 1. The van der Waals surface area contributed by atoms with Gasteiger partial charge in [0.25, 0.3) is 0 Å². The van der Waals surface area contributed by atoms with E-state index in [1.807, 2.05) is 0 Å². The van der Waals surface area contributed by atoms with Gasteiger partial charge in [0, 0.05) is 6.07 Å². The summed E-state index contributed by atoms with van der Waals surface area (Å²) in [6.45, 7) is 3.49. The minimum absolute atomic E-state index is 0.639. The second-order valence-corrected chi connectivity index (χ2v) is 1.44. The molecular formula is C6H7NO. The van der Waals surface area contributed by atoms with Crippen LogP contribution in [-0.2, 0) is 0 Å². The molecule has 1 aromatic heterocycles. The van der Waals surface area contributed by atoms with Crippen LogP contribution in [0.2, 0.25) is 0 Å². The molecule has 0 aliphatic rings. The molecule has 0 fully saturated rings. The van der Waals surface area contributed by atoms with Gasteiger partial charge in [-0.2, -0.15) is 0 Å². The Balaban J connectivity index is 3.09. The van der Waals surface area contributed by atoms with Gasteiger partial charge < -0.3 is 10.2 Å². The van der Waals surface area contributed by atoms with Crippen molar-refractivity contribution in [1.82, 2.24) is 0 Å². The summed E-state index contributed by atoms with van der Waals surface area (Å²) in [5.41, 5.74) is 6.02. The summed E-state index contributed by atoms with van der Waals surface area (Å²) in [7, 11) is 0. The number of nitrogen functional groups attached to an aromatic ring is 1. The maximum atomic E-state index is 5.39. The van der Waals surface area contributed by atoms with Gasteiger partial charge in [-0.05, 0) is 6.08 Å². The van der Waals surface area contributed by atoms with Gasteiger partial charge in [0.15, 0.2) is 0 Å². The largest absolute Gasteiger partial charge is 0.463 e. The summed E-state index contributed by atoms with van der Waals surface area (Å²) in [5, 5.41) is 0. The highest BCUT2D eigenvalue weighted by atomic mass is 16.3. The van der Waals surface area contributed by atoms with Gasteiger partial charge in [-0.25, -0.2) is 0 Å². The van der Waals surface area contributed by atoms with Crippen molar-refractivity contribution in [2.75, 3.05) is 5.73 Å². The first-order chi connectivity index (χ1) is 3.84. The van der Waals surface area contributed by atoms with Gasteiger partial charge in [-0.15, -0.1) is 0 Å². The topological polar surface area (TPSA) is 39.2 Å². The zero-order valence-corrected chi connectivity index (χ0v) is 4.42. The molecule has 0 radical (unpaired) electrons. The molecule has 0 aromatic carbocycles. The maximum Gasteiger partial charge on any atom is 0.148 e. The SMILES string of the molecule is C=Cc1occc1N. The monoisotopic (exact) mass is 109 g/mol. The van der Waals surface area contributed by atoms with E-state index in [0.717, 1.165) is 0 Å². The Morgan fingerprint density at radius 2 is 2.50 bits per heavy atom. The molecule has 0 amide bonds. The number of rotatable bonds is 1. The smallest absolute Gasteiger partial charge is 0.148 e. The lowest BCUT2D eigenvalue weighted by atomic mass is 10.4. The molecule has 0 spiro atoms. The van der Waals surface area contributed by atoms with E-state index < -0.39 is 0 Å². The minimum atomic E-state index is 0.639. The fourth-order valence-electron chi connectivity index (χ4n) is 0.497. The van der Waals surface area contributed by atoms with E-state index in [-0.39, 0.29) is 0 Å². The first kappa shape index (κ1) is 4.97. The number of anilines is 1. The van der Waals surface area contributed by atoms with Crippen LogP contribution in [0.25, 0.3) is 6.08 Å². The number of hydrogen-bond acceptors (Lipinski definition) is 2. The molecule has 0 unspecified atom stereocenters. The van der Waals surface area contributed by atoms with Gasteiger partial charge in [-0.1, -0.05) is 6.58 Å². The van der Waals surface area contributed by atoms with Crippen molar-refractivity contribution in [3.8, 4) is 0 Å². The van der Waals surface area contributed by atoms with Crippen LogP contribution in [0.1, 0.15) is 5.76 Å². The fraction of sp³-hybridized carbons (Fsp3) is 0. The molecule has 2 heteroatoms. The van der Waals surface area contributed by atoms with E-state index in [9.17, 15) is 0 Å². The second-order valence-electron chi connectivity index (χ2n) is 1.44. The molecule has 42 valence electrons. The summed E-state index contributed by atoms with van der Waals surface area (Å²) in [5.74, 6) is 0.644. The second kappa shape index (κ2) is 1.74. The molecule has 0 aliphatic heterocycles. The van der Waals surface area contributed by atoms with Crippen molar-refractivity contribution < 1.29 is 4.42 Å². The third kappa shape index (κ3) is 0.601. The Bertz CT molecular complexity index is 190.